The van der Waals surface area contributed by atoms with Crippen LogP contribution in [0.2, 0.25) is 5.02 Å². The van der Waals surface area contributed by atoms with Crippen LogP contribution in [0.1, 0.15) is 17.3 Å². The number of nitrogens with zero attached hydrogens (tertiary/aromatic N) is 4. The number of anilines is 1. The van der Waals surface area contributed by atoms with Crippen molar-refractivity contribution in [1.29, 1.82) is 0 Å². The summed E-state index contributed by atoms with van der Waals surface area (Å²) in [4.78, 5) is 6.97. The number of hydrogen-bond acceptors (Lipinski definition) is 5. The summed E-state index contributed by atoms with van der Waals surface area (Å²) < 4.78 is 7.58. The molecule has 2 aromatic carbocycles. The second-order valence-electron chi connectivity index (χ2n) is 8.78. The van der Waals surface area contributed by atoms with Gasteiger partial charge in [-0.15, -0.1) is 0 Å². The third-order valence-electron chi connectivity index (χ3n) is 6.89. The summed E-state index contributed by atoms with van der Waals surface area (Å²) in [6.07, 6.45) is 1.64. The lowest BCUT2D eigenvalue weighted by Gasteiger charge is -2.42. The highest BCUT2D eigenvalue weighted by atomic mass is 35.5. The smallest absolute Gasteiger partial charge is 0.120 e. The Bertz CT molecular complexity index is 1040. The Kier molecular flexibility index (Phi) is 6.60. The Morgan fingerprint density at radius 3 is 2.36 bits per heavy atom. The average molecular weight is 467 g/mol. The number of aliphatic hydroxyl groups is 1. The molecule has 0 radical (unpaired) electrons. The van der Waals surface area contributed by atoms with Gasteiger partial charge < -0.3 is 19.3 Å². The van der Waals surface area contributed by atoms with E-state index in [0.29, 0.717) is 6.54 Å². The van der Waals surface area contributed by atoms with E-state index in [-0.39, 0.29) is 6.04 Å². The number of aromatic nitrogens is 1. The van der Waals surface area contributed by atoms with Gasteiger partial charge in [0.15, 0.2) is 0 Å². The lowest BCUT2D eigenvalue weighted by Crippen LogP contribution is -2.54. The Labute approximate surface area is 200 Å². The third kappa shape index (κ3) is 4.75. The molecule has 1 fully saturated rings. The fourth-order valence-corrected chi connectivity index (χ4v) is 5.18. The quantitative estimate of drug-likeness (QED) is 0.600. The Balaban J connectivity index is 1.25. The van der Waals surface area contributed by atoms with Crippen molar-refractivity contribution in [1.82, 2.24) is 14.4 Å². The van der Waals surface area contributed by atoms with Gasteiger partial charge in [0.05, 0.1) is 13.2 Å². The third-order valence-corrected chi connectivity index (χ3v) is 7.15. The molecule has 0 aliphatic carbocycles. The van der Waals surface area contributed by atoms with Gasteiger partial charge in [-0.1, -0.05) is 23.7 Å². The van der Waals surface area contributed by atoms with E-state index in [4.69, 9.17) is 16.3 Å². The van der Waals surface area contributed by atoms with Crippen LogP contribution in [-0.2, 0) is 6.54 Å². The van der Waals surface area contributed by atoms with E-state index in [1.54, 1.807) is 7.11 Å². The fourth-order valence-electron chi connectivity index (χ4n) is 5.05. The van der Waals surface area contributed by atoms with E-state index >= 15 is 0 Å². The first-order valence-corrected chi connectivity index (χ1v) is 12.0. The topological polar surface area (TPSA) is 44.1 Å². The van der Waals surface area contributed by atoms with Crippen LogP contribution < -0.4 is 9.64 Å². The average Bonchev–Trinajstić information content (AvgIpc) is 3.34. The zero-order valence-electron chi connectivity index (χ0n) is 19.0. The molecule has 2 aliphatic heterocycles. The number of benzene rings is 2. The summed E-state index contributed by atoms with van der Waals surface area (Å²) in [5.41, 5.74) is 3.67. The number of ether oxygens (including phenoxy) is 1. The first-order chi connectivity index (χ1) is 16.1. The molecular formula is C26H31ClN4O2. The zero-order chi connectivity index (χ0) is 22.8. The minimum atomic E-state index is -0.501. The van der Waals surface area contributed by atoms with Crippen LogP contribution in [0.3, 0.4) is 0 Å². The zero-order valence-corrected chi connectivity index (χ0v) is 19.7. The predicted octanol–water partition coefficient (Wildman–Crippen LogP) is 3.70. The summed E-state index contributed by atoms with van der Waals surface area (Å²) in [5.74, 6) is 0.871. The van der Waals surface area contributed by atoms with Crippen LogP contribution in [0.5, 0.6) is 5.75 Å². The molecule has 0 saturated carbocycles. The second kappa shape index (κ2) is 9.77. The molecular weight excluding hydrogens is 436 g/mol. The summed E-state index contributed by atoms with van der Waals surface area (Å²) in [6, 6.07) is 20.7. The molecule has 3 heterocycles. The van der Waals surface area contributed by atoms with Crippen molar-refractivity contribution in [2.45, 2.75) is 18.8 Å². The van der Waals surface area contributed by atoms with Gasteiger partial charge in [0.25, 0.3) is 0 Å². The molecule has 2 aliphatic rings. The Morgan fingerprint density at radius 2 is 1.67 bits per heavy atom. The van der Waals surface area contributed by atoms with Crippen LogP contribution in [0.4, 0.5) is 5.69 Å². The maximum Gasteiger partial charge on any atom is 0.120 e. The molecule has 174 valence electrons. The van der Waals surface area contributed by atoms with Crippen molar-refractivity contribution in [3.05, 3.63) is 83.1 Å². The molecule has 0 spiro atoms. The van der Waals surface area contributed by atoms with Crippen LogP contribution in [0.25, 0.3) is 0 Å². The van der Waals surface area contributed by atoms with Gasteiger partial charge in [-0.25, -0.2) is 0 Å². The second-order valence-corrected chi connectivity index (χ2v) is 9.21. The lowest BCUT2D eigenvalue weighted by atomic mass is 10.00. The summed E-state index contributed by atoms with van der Waals surface area (Å²) in [5, 5.41) is 11.9. The van der Waals surface area contributed by atoms with Crippen molar-refractivity contribution in [2.75, 3.05) is 51.3 Å². The van der Waals surface area contributed by atoms with Gasteiger partial charge in [0.2, 0.25) is 0 Å². The molecule has 6 nitrogen and oxygen atoms in total. The van der Waals surface area contributed by atoms with Crippen LogP contribution >= 0.6 is 11.6 Å². The minimum Gasteiger partial charge on any atom is -0.497 e. The van der Waals surface area contributed by atoms with E-state index in [1.807, 2.05) is 24.3 Å². The first kappa shape index (κ1) is 22.3. The van der Waals surface area contributed by atoms with Crippen molar-refractivity contribution < 1.29 is 9.84 Å². The van der Waals surface area contributed by atoms with Gasteiger partial charge >= 0.3 is 0 Å². The van der Waals surface area contributed by atoms with Gasteiger partial charge in [0, 0.05) is 68.4 Å². The number of aliphatic hydroxyl groups excluding tert-OH is 1. The van der Waals surface area contributed by atoms with Gasteiger partial charge in [0.1, 0.15) is 12.0 Å². The molecule has 5 rings (SSSR count). The molecule has 7 heteroatoms. The maximum absolute atomic E-state index is 11.2. The van der Waals surface area contributed by atoms with Crippen LogP contribution in [-0.4, -0.2) is 72.1 Å². The normalized spacial score (nSPS) is 20.5. The van der Waals surface area contributed by atoms with Crippen molar-refractivity contribution in [3.63, 3.8) is 0 Å². The van der Waals surface area contributed by atoms with E-state index in [0.717, 1.165) is 50.0 Å². The fraction of sp³-hybridized carbons (Fsp3) is 0.385. The lowest BCUT2D eigenvalue weighted by molar-refractivity contribution is -0.0331. The molecule has 0 amide bonds. The van der Waals surface area contributed by atoms with Gasteiger partial charge in [-0.05, 0) is 54.1 Å². The summed E-state index contributed by atoms with van der Waals surface area (Å²) >= 11 is 6.15. The maximum atomic E-state index is 11.2. The van der Waals surface area contributed by atoms with E-state index in [2.05, 4.69) is 61.9 Å². The number of methoxy groups -OCH3 is 1. The standard InChI is InChI=1S/C26H31ClN4O2/c1-33-23-10-8-22(9-11-23)28-13-16-30(17-14-28)25(32)19-31-18-15-29-12-2-3-24(29)26(31)20-4-6-21(27)7-5-20/h2-12,25-26,32H,13-19H2,1H3. The number of fused-ring (bicyclic) bond motifs is 1. The number of piperazine rings is 1. The minimum absolute atomic E-state index is 0.112. The van der Waals surface area contributed by atoms with Crippen molar-refractivity contribution >= 4 is 17.3 Å². The van der Waals surface area contributed by atoms with E-state index < -0.39 is 6.23 Å². The molecule has 2 atom stereocenters. The monoisotopic (exact) mass is 466 g/mol. The largest absolute Gasteiger partial charge is 0.497 e. The van der Waals surface area contributed by atoms with Gasteiger partial charge in [-0.2, -0.15) is 0 Å². The highest BCUT2D eigenvalue weighted by molar-refractivity contribution is 6.30. The summed E-state index contributed by atoms with van der Waals surface area (Å²) in [7, 11) is 1.69. The molecule has 3 aromatic rings. The number of hydrogen-bond donors (Lipinski definition) is 1. The Hall–Kier alpha value is -2.51. The number of halogens is 1. The van der Waals surface area contributed by atoms with Crippen LogP contribution in [0.15, 0.2) is 66.9 Å². The summed E-state index contributed by atoms with van der Waals surface area (Å²) in [6.45, 7) is 5.91. The molecule has 2 unspecified atom stereocenters. The predicted molar refractivity (Wildman–Crippen MR) is 132 cm³/mol. The van der Waals surface area contributed by atoms with Crippen molar-refractivity contribution in [2.24, 2.45) is 0 Å². The van der Waals surface area contributed by atoms with Crippen molar-refractivity contribution in [3.8, 4) is 5.75 Å². The highest BCUT2D eigenvalue weighted by Crippen LogP contribution is 2.33. The number of rotatable bonds is 6. The molecule has 33 heavy (non-hydrogen) atoms. The SMILES string of the molecule is COc1ccc(N2CCN(C(O)CN3CCn4cccc4C3c3ccc(Cl)cc3)CC2)cc1. The molecule has 0 bridgehead atoms. The van der Waals surface area contributed by atoms with Gasteiger partial charge in [-0.3, -0.25) is 9.80 Å². The Morgan fingerprint density at radius 1 is 0.939 bits per heavy atom. The molecule has 1 aromatic heterocycles. The molecule has 1 saturated heterocycles. The molecule has 1 N–H and O–H groups in total. The van der Waals surface area contributed by atoms with E-state index in [9.17, 15) is 5.11 Å². The highest BCUT2D eigenvalue weighted by Gasteiger charge is 2.32. The van der Waals surface area contributed by atoms with Crippen LogP contribution in [0, 0.1) is 0 Å². The van der Waals surface area contributed by atoms with E-state index in [1.165, 1.54) is 16.9 Å². The first-order valence-electron chi connectivity index (χ1n) is 11.6. The number of β-amino-alcohol motifs (C(OH)–C–C–N with tert-alkyl or cyclic N) is 1.